The number of hydrogen-bond donors (Lipinski definition) is 2. The molecule has 2 N–H and O–H groups in total. The van der Waals surface area contributed by atoms with Gasteiger partial charge in [0.1, 0.15) is 12.1 Å². The summed E-state index contributed by atoms with van der Waals surface area (Å²) in [6.07, 6.45) is 0.651. The average Bonchev–Trinajstić information content (AvgIpc) is 3.47. The summed E-state index contributed by atoms with van der Waals surface area (Å²) >= 11 is 6.03. The number of imide groups is 1. The van der Waals surface area contributed by atoms with E-state index in [2.05, 4.69) is 10.6 Å². The summed E-state index contributed by atoms with van der Waals surface area (Å²) in [7, 11) is 0. The van der Waals surface area contributed by atoms with Crippen LogP contribution in [0.15, 0.2) is 24.3 Å². The second-order valence-corrected chi connectivity index (χ2v) is 7.65. The summed E-state index contributed by atoms with van der Waals surface area (Å²) in [6, 6.07) is 6.44. The lowest BCUT2D eigenvalue weighted by Gasteiger charge is -2.21. The maximum absolute atomic E-state index is 12.5. The van der Waals surface area contributed by atoms with Gasteiger partial charge in [-0.3, -0.25) is 19.3 Å². The topological polar surface area (TPSA) is 105 Å². The molecule has 28 heavy (non-hydrogen) atoms. The number of rotatable bonds is 7. The molecule has 1 saturated heterocycles. The molecule has 3 rings (SSSR count). The Labute approximate surface area is 167 Å². The molecule has 9 heteroatoms. The third-order valence-corrected chi connectivity index (χ3v) is 5.44. The van der Waals surface area contributed by atoms with Gasteiger partial charge in [-0.05, 0) is 44.2 Å². The molecule has 2 aliphatic rings. The molecule has 1 aromatic rings. The summed E-state index contributed by atoms with van der Waals surface area (Å²) in [5.41, 5.74) is -0.232. The van der Waals surface area contributed by atoms with E-state index in [0.29, 0.717) is 5.02 Å². The molecule has 0 spiro atoms. The van der Waals surface area contributed by atoms with E-state index in [4.69, 9.17) is 16.3 Å². The van der Waals surface area contributed by atoms with Gasteiger partial charge in [0.25, 0.3) is 11.8 Å². The molecule has 150 valence electrons. The van der Waals surface area contributed by atoms with Crippen LogP contribution in [0.1, 0.15) is 32.3 Å². The Hall–Kier alpha value is -2.61. The lowest BCUT2D eigenvalue weighted by molar-refractivity contribution is -0.156. The van der Waals surface area contributed by atoms with Crippen LogP contribution in [0, 0.1) is 5.92 Å². The van der Waals surface area contributed by atoms with Crippen LogP contribution in [-0.4, -0.2) is 46.9 Å². The molecule has 0 bridgehead atoms. The summed E-state index contributed by atoms with van der Waals surface area (Å²) in [4.78, 5) is 49.7. The van der Waals surface area contributed by atoms with Crippen molar-refractivity contribution >= 4 is 35.4 Å². The number of hydrogen-bond acceptors (Lipinski definition) is 5. The van der Waals surface area contributed by atoms with Gasteiger partial charge in [-0.1, -0.05) is 29.8 Å². The standard InChI is InChI=1S/C19H22ClN3O5/c1-11(16(25)21-9-12-5-3-4-6-14(12)20)28-15(24)10-23-17(26)19(2,13-7-8-13)22-18(23)27/h3-6,11,13H,7-10H2,1-2H3,(H,21,25)(H,22,27)/t11-,19+/m0/s1. The minimum atomic E-state index is -1.08. The minimum absolute atomic E-state index is 0.0967. The van der Waals surface area contributed by atoms with Gasteiger partial charge in [0.05, 0.1) is 0 Å². The number of benzene rings is 1. The van der Waals surface area contributed by atoms with Crippen LogP contribution in [0.2, 0.25) is 5.02 Å². The Morgan fingerprint density at radius 3 is 2.68 bits per heavy atom. The maximum Gasteiger partial charge on any atom is 0.327 e. The predicted octanol–water partition coefficient (Wildman–Crippen LogP) is 1.61. The second kappa shape index (κ2) is 7.79. The van der Waals surface area contributed by atoms with Gasteiger partial charge >= 0.3 is 12.0 Å². The first kappa shape index (κ1) is 20.1. The van der Waals surface area contributed by atoms with E-state index in [1.54, 1.807) is 31.2 Å². The Morgan fingerprint density at radius 2 is 2.04 bits per heavy atom. The van der Waals surface area contributed by atoms with Crippen LogP contribution in [-0.2, 0) is 25.7 Å². The van der Waals surface area contributed by atoms with Crippen molar-refractivity contribution in [3.05, 3.63) is 34.9 Å². The Kier molecular flexibility index (Phi) is 5.60. The van der Waals surface area contributed by atoms with Crippen molar-refractivity contribution < 1.29 is 23.9 Å². The Morgan fingerprint density at radius 1 is 1.36 bits per heavy atom. The highest BCUT2D eigenvalue weighted by Gasteiger charge is 2.56. The fraction of sp³-hybridized carbons (Fsp3) is 0.474. The molecule has 2 atom stereocenters. The van der Waals surface area contributed by atoms with Crippen molar-refractivity contribution in [2.75, 3.05) is 6.54 Å². The molecule has 1 aliphatic heterocycles. The number of nitrogens with zero attached hydrogens (tertiary/aromatic N) is 1. The molecule has 1 heterocycles. The minimum Gasteiger partial charge on any atom is -0.451 e. The highest BCUT2D eigenvalue weighted by molar-refractivity contribution is 6.31. The summed E-state index contributed by atoms with van der Waals surface area (Å²) in [5.74, 6) is -1.68. The van der Waals surface area contributed by atoms with Crippen LogP contribution >= 0.6 is 11.6 Å². The first-order valence-corrected chi connectivity index (χ1v) is 9.45. The average molecular weight is 408 g/mol. The summed E-state index contributed by atoms with van der Waals surface area (Å²) in [5, 5.41) is 5.81. The summed E-state index contributed by atoms with van der Waals surface area (Å²) in [6.45, 7) is 2.74. The van der Waals surface area contributed by atoms with Gasteiger partial charge in [0, 0.05) is 11.6 Å². The quantitative estimate of drug-likeness (QED) is 0.527. The van der Waals surface area contributed by atoms with Crippen LogP contribution in [0.25, 0.3) is 0 Å². The molecule has 4 amide bonds. The van der Waals surface area contributed by atoms with Crippen LogP contribution < -0.4 is 10.6 Å². The van der Waals surface area contributed by atoms with Gasteiger partial charge in [-0.25, -0.2) is 4.79 Å². The number of esters is 1. The molecule has 1 aromatic carbocycles. The van der Waals surface area contributed by atoms with Crippen LogP contribution in [0.5, 0.6) is 0 Å². The highest BCUT2D eigenvalue weighted by atomic mass is 35.5. The number of amides is 4. The lowest BCUT2D eigenvalue weighted by Crippen LogP contribution is -2.46. The number of carbonyl (C=O) groups excluding carboxylic acids is 4. The van der Waals surface area contributed by atoms with Crippen molar-refractivity contribution in [1.29, 1.82) is 0 Å². The van der Waals surface area contributed by atoms with E-state index in [-0.39, 0.29) is 12.5 Å². The van der Waals surface area contributed by atoms with E-state index in [1.165, 1.54) is 6.92 Å². The van der Waals surface area contributed by atoms with Crippen molar-refractivity contribution in [2.45, 2.75) is 44.9 Å². The fourth-order valence-corrected chi connectivity index (χ4v) is 3.38. The molecular formula is C19H22ClN3O5. The van der Waals surface area contributed by atoms with E-state index < -0.39 is 42.0 Å². The van der Waals surface area contributed by atoms with E-state index in [1.807, 2.05) is 0 Å². The van der Waals surface area contributed by atoms with Gasteiger partial charge in [0.15, 0.2) is 6.10 Å². The van der Waals surface area contributed by atoms with Crippen LogP contribution in [0.4, 0.5) is 4.79 Å². The van der Waals surface area contributed by atoms with Crippen molar-refractivity contribution in [2.24, 2.45) is 5.92 Å². The molecule has 0 unspecified atom stereocenters. The van der Waals surface area contributed by atoms with Crippen molar-refractivity contribution in [1.82, 2.24) is 15.5 Å². The first-order valence-electron chi connectivity index (χ1n) is 9.07. The number of urea groups is 1. The van der Waals surface area contributed by atoms with Gasteiger partial charge in [-0.2, -0.15) is 0 Å². The monoisotopic (exact) mass is 407 g/mol. The van der Waals surface area contributed by atoms with Gasteiger partial charge < -0.3 is 15.4 Å². The SMILES string of the molecule is C[C@H](OC(=O)CN1C(=O)N[C@](C)(C2CC2)C1=O)C(=O)NCc1ccccc1Cl. The van der Waals surface area contributed by atoms with Crippen LogP contribution in [0.3, 0.4) is 0 Å². The third kappa shape index (κ3) is 4.11. The smallest absolute Gasteiger partial charge is 0.327 e. The predicted molar refractivity (Wildman–Crippen MR) is 100 cm³/mol. The largest absolute Gasteiger partial charge is 0.451 e. The molecule has 1 saturated carbocycles. The van der Waals surface area contributed by atoms with Crippen molar-refractivity contribution in [3.63, 3.8) is 0 Å². The van der Waals surface area contributed by atoms with Crippen molar-refractivity contribution in [3.8, 4) is 0 Å². The number of ether oxygens (including phenoxy) is 1. The molecule has 2 fully saturated rings. The molecular weight excluding hydrogens is 386 g/mol. The fourth-order valence-electron chi connectivity index (χ4n) is 3.18. The van der Waals surface area contributed by atoms with E-state index in [0.717, 1.165) is 23.3 Å². The Balaban J connectivity index is 1.50. The van der Waals surface area contributed by atoms with Gasteiger partial charge in [0.2, 0.25) is 0 Å². The number of carbonyl (C=O) groups is 4. The maximum atomic E-state index is 12.5. The zero-order valence-corrected chi connectivity index (χ0v) is 16.4. The van der Waals surface area contributed by atoms with E-state index in [9.17, 15) is 19.2 Å². The number of nitrogens with one attached hydrogen (secondary N) is 2. The van der Waals surface area contributed by atoms with Gasteiger partial charge in [-0.15, -0.1) is 0 Å². The van der Waals surface area contributed by atoms with E-state index >= 15 is 0 Å². The normalized spacial score (nSPS) is 22.6. The molecule has 1 aliphatic carbocycles. The second-order valence-electron chi connectivity index (χ2n) is 7.24. The third-order valence-electron chi connectivity index (χ3n) is 5.07. The molecule has 0 radical (unpaired) electrons. The first-order chi connectivity index (χ1) is 13.2. The molecule has 0 aromatic heterocycles. The zero-order chi connectivity index (χ0) is 20.5. The Bertz CT molecular complexity index is 826. The lowest BCUT2D eigenvalue weighted by atomic mass is 9.96. The molecule has 8 nitrogen and oxygen atoms in total. The summed E-state index contributed by atoms with van der Waals surface area (Å²) < 4.78 is 5.08. The number of halogens is 1. The highest BCUT2D eigenvalue weighted by Crippen LogP contribution is 2.42. The zero-order valence-electron chi connectivity index (χ0n) is 15.7.